The van der Waals surface area contributed by atoms with Gasteiger partial charge in [-0.1, -0.05) is 6.08 Å². The van der Waals surface area contributed by atoms with Crippen molar-refractivity contribution >= 4 is 23.2 Å². The van der Waals surface area contributed by atoms with Crippen LogP contribution in [0, 0.1) is 0 Å². The SMILES string of the molecule is C=CCN1C(=O)C(C)Oc2ccc(NC(=O)c3cccnc3)cc21. The van der Waals surface area contributed by atoms with Crippen LogP contribution in [0.4, 0.5) is 11.4 Å². The zero-order valence-electron chi connectivity index (χ0n) is 13.2. The molecule has 1 N–H and O–H groups in total. The molecule has 0 saturated heterocycles. The van der Waals surface area contributed by atoms with Gasteiger partial charge in [0.1, 0.15) is 5.75 Å². The molecular weight excluding hydrogens is 306 g/mol. The van der Waals surface area contributed by atoms with Gasteiger partial charge >= 0.3 is 0 Å². The van der Waals surface area contributed by atoms with Crippen molar-refractivity contribution in [1.82, 2.24) is 4.98 Å². The second kappa shape index (κ2) is 6.54. The number of aromatic nitrogens is 1. The van der Waals surface area contributed by atoms with E-state index in [9.17, 15) is 9.59 Å². The molecule has 6 heteroatoms. The molecule has 2 heterocycles. The molecule has 0 radical (unpaired) electrons. The summed E-state index contributed by atoms with van der Waals surface area (Å²) in [6.07, 6.45) is 4.20. The fourth-order valence-corrected chi connectivity index (χ4v) is 2.50. The van der Waals surface area contributed by atoms with Crippen LogP contribution in [0.1, 0.15) is 17.3 Å². The maximum Gasteiger partial charge on any atom is 0.268 e. The Morgan fingerprint density at radius 3 is 3.00 bits per heavy atom. The van der Waals surface area contributed by atoms with Crippen molar-refractivity contribution in [3.63, 3.8) is 0 Å². The number of hydrogen-bond donors (Lipinski definition) is 1. The van der Waals surface area contributed by atoms with Crippen LogP contribution in [0.15, 0.2) is 55.4 Å². The minimum Gasteiger partial charge on any atom is -0.479 e. The first-order valence-corrected chi connectivity index (χ1v) is 7.54. The van der Waals surface area contributed by atoms with Gasteiger partial charge in [-0.25, -0.2) is 0 Å². The van der Waals surface area contributed by atoms with Gasteiger partial charge in [0.2, 0.25) is 0 Å². The lowest BCUT2D eigenvalue weighted by Gasteiger charge is -2.32. The zero-order chi connectivity index (χ0) is 17.1. The van der Waals surface area contributed by atoms with E-state index in [1.54, 1.807) is 54.4 Å². The fourth-order valence-electron chi connectivity index (χ4n) is 2.50. The molecule has 1 atom stereocenters. The molecule has 1 aliphatic rings. The Bertz CT molecular complexity index is 789. The average molecular weight is 323 g/mol. The van der Waals surface area contributed by atoms with E-state index in [0.717, 1.165) is 0 Å². The summed E-state index contributed by atoms with van der Waals surface area (Å²) in [4.78, 5) is 30.0. The number of nitrogens with zero attached hydrogens (tertiary/aromatic N) is 2. The molecule has 2 aromatic rings. The maximum absolute atomic E-state index is 12.3. The van der Waals surface area contributed by atoms with Crippen molar-refractivity contribution in [2.45, 2.75) is 13.0 Å². The van der Waals surface area contributed by atoms with E-state index >= 15 is 0 Å². The van der Waals surface area contributed by atoms with Gasteiger partial charge in [-0.2, -0.15) is 0 Å². The molecule has 1 aliphatic heterocycles. The Hall–Kier alpha value is -3.15. The second-order valence-corrected chi connectivity index (χ2v) is 5.38. The molecule has 122 valence electrons. The molecule has 0 bridgehead atoms. The Balaban J connectivity index is 1.89. The van der Waals surface area contributed by atoms with E-state index < -0.39 is 6.10 Å². The van der Waals surface area contributed by atoms with Crippen molar-refractivity contribution < 1.29 is 14.3 Å². The van der Waals surface area contributed by atoms with Crippen LogP contribution in [0.2, 0.25) is 0 Å². The van der Waals surface area contributed by atoms with Gasteiger partial charge in [0.15, 0.2) is 6.10 Å². The topological polar surface area (TPSA) is 71.5 Å². The van der Waals surface area contributed by atoms with Crippen molar-refractivity contribution in [3.05, 3.63) is 60.9 Å². The van der Waals surface area contributed by atoms with Crippen LogP contribution in [0.3, 0.4) is 0 Å². The molecule has 1 aromatic carbocycles. The van der Waals surface area contributed by atoms with Crippen molar-refractivity contribution in [1.29, 1.82) is 0 Å². The second-order valence-electron chi connectivity index (χ2n) is 5.38. The minimum absolute atomic E-state index is 0.141. The highest BCUT2D eigenvalue weighted by molar-refractivity contribution is 6.05. The molecule has 3 rings (SSSR count). The van der Waals surface area contributed by atoms with Gasteiger partial charge in [0.25, 0.3) is 11.8 Å². The maximum atomic E-state index is 12.3. The van der Waals surface area contributed by atoms with E-state index in [1.807, 2.05) is 0 Å². The third-order valence-electron chi connectivity index (χ3n) is 3.66. The summed E-state index contributed by atoms with van der Waals surface area (Å²) >= 11 is 0. The summed E-state index contributed by atoms with van der Waals surface area (Å²) < 4.78 is 5.62. The first-order valence-electron chi connectivity index (χ1n) is 7.54. The van der Waals surface area contributed by atoms with Gasteiger partial charge in [-0.05, 0) is 37.3 Å². The van der Waals surface area contributed by atoms with E-state index in [1.165, 1.54) is 6.20 Å². The highest BCUT2D eigenvalue weighted by Gasteiger charge is 2.31. The number of amides is 2. The average Bonchev–Trinajstić information content (AvgIpc) is 2.60. The normalized spacial score (nSPS) is 16.1. The molecule has 0 saturated carbocycles. The fraction of sp³-hybridized carbons (Fsp3) is 0.167. The Morgan fingerprint density at radius 2 is 2.29 bits per heavy atom. The predicted molar refractivity (Wildman–Crippen MR) is 91.3 cm³/mol. The zero-order valence-corrected chi connectivity index (χ0v) is 13.2. The molecule has 1 aromatic heterocycles. The molecular formula is C18H17N3O3. The molecule has 0 fully saturated rings. The van der Waals surface area contributed by atoms with Gasteiger partial charge < -0.3 is 15.0 Å². The summed E-state index contributed by atoms with van der Waals surface area (Å²) in [6, 6.07) is 8.58. The molecule has 24 heavy (non-hydrogen) atoms. The Morgan fingerprint density at radius 1 is 1.46 bits per heavy atom. The Labute approximate surface area is 139 Å². The number of fused-ring (bicyclic) bond motifs is 1. The number of nitrogens with one attached hydrogen (secondary N) is 1. The largest absolute Gasteiger partial charge is 0.479 e. The first-order chi connectivity index (χ1) is 11.6. The number of anilines is 2. The monoisotopic (exact) mass is 323 g/mol. The van der Waals surface area contributed by atoms with Gasteiger partial charge in [-0.3, -0.25) is 14.6 Å². The highest BCUT2D eigenvalue weighted by Crippen LogP contribution is 2.36. The number of hydrogen-bond acceptors (Lipinski definition) is 4. The van der Waals surface area contributed by atoms with Crippen LogP contribution < -0.4 is 15.0 Å². The van der Waals surface area contributed by atoms with E-state index in [0.29, 0.717) is 29.2 Å². The van der Waals surface area contributed by atoms with Crippen LogP contribution >= 0.6 is 0 Å². The van der Waals surface area contributed by atoms with E-state index in [2.05, 4.69) is 16.9 Å². The smallest absolute Gasteiger partial charge is 0.268 e. The summed E-state index contributed by atoms with van der Waals surface area (Å²) in [5, 5.41) is 2.80. The van der Waals surface area contributed by atoms with E-state index in [-0.39, 0.29) is 11.8 Å². The predicted octanol–water partition coefficient (Wildman–Crippen LogP) is 2.63. The summed E-state index contributed by atoms with van der Waals surface area (Å²) in [5.74, 6) is 0.191. The molecule has 0 spiro atoms. The van der Waals surface area contributed by atoms with Gasteiger partial charge in [0, 0.05) is 24.6 Å². The summed E-state index contributed by atoms with van der Waals surface area (Å²) in [6.45, 7) is 5.77. The standard InChI is InChI=1S/C18H17N3O3/c1-3-9-21-15-10-14(6-7-16(15)24-12(2)18(21)23)20-17(22)13-5-4-8-19-11-13/h3-8,10-12H,1,9H2,2H3,(H,20,22). The summed E-state index contributed by atoms with van der Waals surface area (Å²) in [7, 11) is 0. The highest BCUT2D eigenvalue weighted by atomic mass is 16.5. The molecule has 6 nitrogen and oxygen atoms in total. The number of pyridine rings is 1. The first kappa shape index (κ1) is 15.7. The molecule has 2 amide bonds. The lowest BCUT2D eigenvalue weighted by molar-refractivity contribution is -0.125. The van der Waals surface area contributed by atoms with Crippen molar-refractivity contribution in [3.8, 4) is 5.75 Å². The number of benzene rings is 1. The summed E-state index contributed by atoms with van der Waals surface area (Å²) in [5.41, 5.74) is 1.64. The third kappa shape index (κ3) is 2.99. The molecule has 0 aliphatic carbocycles. The van der Waals surface area contributed by atoms with Crippen LogP contribution in [-0.4, -0.2) is 29.4 Å². The number of rotatable bonds is 4. The van der Waals surface area contributed by atoms with Crippen LogP contribution in [-0.2, 0) is 4.79 Å². The van der Waals surface area contributed by atoms with Crippen LogP contribution in [0.25, 0.3) is 0 Å². The van der Waals surface area contributed by atoms with Crippen LogP contribution in [0.5, 0.6) is 5.75 Å². The lowest BCUT2D eigenvalue weighted by atomic mass is 10.1. The van der Waals surface area contributed by atoms with Crippen molar-refractivity contribution in [2.75, 3.05) is 16.8 Å². The van der Waals surface area contributed by atoms with Gasteiger partial charge in [-0.15, -0.1) is 6.58 Å². The Kier molecular flexibility index (Phi) is 4.29. The number of carbonyl (C=O) groups is 2. The van der Waals surface area contributed by atoms with E-state index in [4.69, 9.17) is 4.74 Å². The third-order valence-corrected chi connectivity index (χ3v) is 3.66. The quantitative estimate of drug-likeness (QED) is 0.878. The van der Waals surface area contributed by atoms with Gasteiger partial charge in [0.05, 0.1) is 11.3 Å². The molecule has 1 unspecified atom stereocenters. The number of carbonyl (C=O) groups excluding carboxylic acids is 2. The lowest BCUT2D eigenvalue weighted by Crippen LogP contribution is -2.44. The minimum atomic E-state index is -0.548. The number of ether oxygens (including phenoxy) is 1. The van der Waals surface area contributed by atoms with Crippen molar-refractivity contribution in [2.24, 2.45) is 0 Å².